The molecule has 7 heavy (non-hydrogen) atoms. The fourth-order valence-corrected chi connectivity index (χ4v) is 0.285. The third-order valence-corrected chi connectivity index (χ3v) is 0.600. The molecule has 0 aliphatic heterocycles. The molecule has 0 fully saturated rings. The highest BCUT2D eigenvalue weighted by atomic mass is 14.8. The number of quaternary nitrogens is 1. The van der Waals surface area contributed by atoms with Gasteiger partial charge < -0.3 is 5.73 Å². The normalized spacial score (nSPS) is 15.3. The zero-order valence-electron chi connectivity index (χ0n) is 5.02. The maximum Gasteiger partial charge on any atom is 0.101 e. The average molecular weight is 101 g/mol. The van der Waals surface area contributed by atoms with Crippen LogP contribution in [0.2, 0.25) is 0 Å². The van der Waals surface area contributed by atoms with Crippen LogP contribution in [-0.2, 0) is 0 Å². The largest absolute Gasteiger partial charge is 0.354 e. The number of aliphatic imine (C=N–C) groups is 1. The van der Waals surface area contributed by atoms with Gasteiger partial charge >= 0.3 is 0 Å². The molecular formula is C5H13N2+. The van der Waals surface area contributed by atoms with Gasteiger partial charge in [0.2, 0.25) is 0 Å². The molecule has 42 valence electrons. The van der Waals surface area contributed by atoms with E-state index in [0.29, 0.717) is 6.04 Å². The minimum Gasteiger partial charge on any atom is -0.354 e. The molecule has 3 N–H and O–H groups in total. The SMILES string of the molecule is CC=NCC(C)[NH3+]. The maximum atomic E-state index is 3.98. The van der Waals surface area contributed by atoms with Gasteiger partial charge in [0.1, 0.15) is 6.04 Å². The van der Waals surface area contributed by atoms with Crippen molar-refractivity contribution in [2.24, 2.45) is 4.99 Å². The Hall–Kier alpha value is -0.370. The van der Waals surface area contributed by atoms with Crippen molar-refractivity contribution in [1.82, 2.24) is 0 Å². The first-order chi connectivity index (χ1) is 3.27. The lowest BCUT2D eigenvalue weighted by molar-refractivity contribution is -0.409. The Bertz CT molecular complexity index is 57.1. The van der Waals surface area contributed by atoms with Crippen LogP contribution >= 0.6 is 0 Å². The van der Waals surface area contributed by atoms with Gasteiger partial charge in [-0.1, -0.05) is 0 Å². The van der Waals surface area contributed by atoms with Crippen molar-refractivity contribution in [3.63, 3.8) is 0 Å². The van der Waals surface area contributed by atoms with Gasteiger partial charge in [-0.2, -0.15) is 0 Å². The molecule has 0 spiro atoms. The molecule has 0 amide bonds. The van der Waals surface area contributed by atoms with Crippen molar-refractivity contribution >= 4 is 6.21 Å². The van der Waals surface area contributed by atoms with E-state index in [-0.39, 0.29) is 0 Å². The topological polar surface area (TPSA) is 40.0 Å². The lowest BCUT2D eigenvalue weighted by atomic mass is 10.4. The van der Waals surface area contributed by atoms with E-state index in [1.165, 1.54) is 0 Å². The number of hydrogen-bond donors (Lipinski definition) is 1. The van der Waals surface area contributed by atoms with Gasteiger partial charge in [0, 0.05) is 0 Å². The molecule has 1 unspecified atom stereocenters. The van der Waals surface area contributed by atoms with Gasteiger partial charge in [0.15, 0.2) is 0 Å². The van der Waals surface area contributed by atoms with Gasteiger partial charge in [-0.25, -0.2) is 0 Å². The molecule has 2 heteroatoms. The van der Waals surface area contributed by atoms with Gasteiger partial charge in [-0.05, 0) is 20.1 Å². The molecule has 0 aromatic heterocycles. The summed E-state index contributed by atoms with van der Waals surface area (Å²) in [6, 6.07) is 0.455. The maximum absolute atomic E-state index is 3.98. The van der Waals surface area contributed by atoms with Crippen LogP contribution in [0.1, 0.15) is 13.8 Å². The van der Waals surface area contributed by atoms with Crippen LogP contribution < -0.4 is 5.73 Å². The first-order valence-corrected chi connectivity index (χ1v) is 2.55. The highest BCUT2D eigenvalue weighted by Gasteiger charge is 1.89. The van der Waals surface area contributed by atoms with Gasteiger partial charge in [0.05, 0.1) is 6.54 Å². The average Bonchev–Trinajstić information content (AvgIpc) is 1.61. The molecule has 0 aliphatic carbocycles. The monoisotopic (exact) mass is 101 g/mol. The summed E-state index contributed by atoms with van der Waals surface area (Å²) in [4.78, 5) is 3.98. The predicted octanol–water partition coefficient (Wildman–Crippen LogP) is -0.292. The fraction of sp³-hybridized carbons (Fsp3) is 0.800. The lowest BCUT2D eigenvalue weighted by Gasteiger charge is -1.91. The zero-order chi connectivity index (χ0) is 5.70. The minimum absolute atomic E-state index is 0.455. The third kappa shape index (κ3) is 5.63. The quantitative estimate of drug-likeness (QED) is 0.464. The van der Waals surface area contributed by atoms with Crippen molar-refractivity contribution in [3.8, 4) is 0 Å². The summed E-state index contributed by atoms with van der Waals surface area (Å²) in [5, 5.41) is 0. The molecule has 2 nitrogen and oxygen atoms in total. The predicted molar refractivity (Wildman–Crippen MR) is 31.4 cm³/mol. The van der Waals surface area contributed by atoms with E-state index >= 15 is 0 Å². The van der Waals surface area contributed by atoms with Crippen LogP contribution in [0, 0.1) is 0 Å². The van der Waals surface area contributed by atoms with Crippen LogP contribution in [0.25, 0.3) is 0 Å². The van der Waals surface area contributed by atoms with Crippen molar-refractivity contribution in [3.05, 3.63) is 0 Å². The Morgan fingerprint density at radius 3 is 2.57 bits per heavy atom. The van der Waals surface area contributed by atoms with Gasteiger partial charge in [-0.15, -0.1) is 0 Å². The van der Waals surface area contributed by atoms with Crippen LogP contribution in [0.15, 0.2) is 4.99 Å². The molecule has 0 aromatic rings. The summed E-state index contributed by atoms with van der Waals surface area (Å²) < 4.78 is 0. The second-order valence-corrected chi connectivity index (χ2v) is 1.73. The molecule has 0 saturated carbocycles. The molecule has 0 aliphatic rings. The highest BCUT2D eigenvalue weighted by Crippen LogP contribution is 1.70. The Balaban J connectivity index is 2.97. The number of nitrogens with zero attached hydrogens (tertiary/aromatic N) is 1. The van der Waals surface area contributed by atoms with Crippen molar-refractivity contribution in [1.29, 1.82) is 0 Å². The molecule has 0 saturated heterocycles. The Morgan fingerprint density at radius 2 is 2.43 bits per heavy atom. The molecule has 0 rings (SSSR count). The van der Waals surface area contributed by atoms with E-state index in [1.54, 1.807) is 0 Å². The minimum atomic E-state index is 0.455. The molecule has 0 heterocycles. The second-order valence-electron chi connectivity index (χ2n) is 1.73. The smallest absolute Gasteiger partial charge is 0.101 e. The second kappa shape index (κ2) is 3.81. The van der Waals surface area contributed by atoms with Crippen molar-refractivity contribution in [2.45, 2.75) is 19.9 Å². The Kier molecular flexibility index (Phi) is 3.61. The van der Waals surface area contributed by atoms with Crippen LogP contribution in [-0.4, -0.2) is 18.8 Å². The standard InChI is InChI=1S/C5H12N2/c1-3-7-4-5(2)6/h3,5H,4,6H2,1-2H3/p+1. The number of rotatable bonds is 2. The van der Waals surface area contributed by atoms with Crippen molar-refractivity contribution < 1.29 is 5.73 Å². The summed E-state index contributed by atoms with van der Waals surface area (Å²) >= 11 is 0. The summed E-state index contributed by atoms with van der Waals surface area (Å²) in [7, 11) is 0. The summed E-state index contributed by atoms with van der Waals surface area (Å²) in [6.07, 6.45) is 1.81. The fourth-order valence-electron chi connectivity index (χ4n) is 0.285. The third-order valence-electron chi connectivity index (χ3n) is 0.600. The highest BCUT2D eigenvalue weighted by molar-refractivity contribution is 5.53. The van der Waals surface area contributed by atoms with E-state index < -0.39 is 0 Å². The summed E-state index contributed by atoms with van der Waals surface area (Å²) in [6.45, 7) is 4.83. The van der Waals surface area contributed by atoms with Crippen LogP contribution in [0.3, 0.4) is 0 Å². The molecule has 0 bridgehead atoms. The molecule has 0 aromatic carbocycles. The van der Waals surface area contributed by atoms with Crippen LogP contribution in [0.5, 0.6) is 0 Å². The first-order valence-electron chi connectivity index (χ1n) is 2.55. The lowest BCUT2D eigenvalue weighted by Crippen LogP contribution is -2.60. The van der Waals surface area contributed by atoms with Crippen molar-refractivity contribution in [2.75, 3.05) is 6.54 Å². The van der Waals surface area contributed by atoms with Gasteiger partial charge in [-0.3, -0.25) is 4.99 Å². The van der Waals surface area contributed by atoms with Gasteiger partial charge in [0.25, 0.3) is 0 Å². The Labute approximate surface area is 44.4 Å². The zero-order valence-corrected chi connectivity index (χ0v) is 5.02. The van der Waals surface area contributed by atoms with E-state index in [4.69, 9.17) is 0 Å². The summed E-state index contributed by atoms with van der Waals surface area (Å²) in [5.41, 5.74) is 3.76. The van der Waals surface area contributed by atoms with E-state index in [2.05, 4.69) is 10.7 Å². The van der Waals surface area contributed by atoms with Crippen LogP contribution in [0.4, 0.5) is 0 Å². The Morgan fingerprint density at radius 1 is 1.86 bits per heavy atom. The molecule has 1 atom stereocenters. The molecule has 0 radical (unpaired) electrons. The summed E-state index contributed by atoms with van der Waals surface area (Å²) in [5.74, 6) is 0. The number of hydrogen-bond acceptors (Lipinski definition) is 1. The van der Waals surface area contributed by atoms with E-state index in [1.807, 2.05) is 20.1 Å². The van der Waals surface area contributed by atoms with E-state index in [9.17, 15) is 0 Å². The van der Waals surface area contributed by atoms with E-state index in [0.717, 1.165) is 6.54 Å². The first kappa shape index (κ1) is 6.63. The molecular weight excluding hydrogens is 88.1 g/mol.